The summed E-state index contributed by atoms with van der Waals surface area (Å²) in [6.45, 7) is 6.12. The zero-order valence-electron chi connectivity index (χ0n) is 11.4. The molecule has 2 N–H and O–H groups in total. The third-order valence-electron chi connectivity index (χ3n) is 3.32. The standard InChI is InChI=1S/C15H24N2O/c1-3-13(11-16)10-15(18)17(4-2)12-14-8-6-5-7-9-14/h5-9,13H,3-4,10-12,16H2,1-2H3. The van der Waals surface area contributed by atoms with Crippen LogP contribution in [0.5, 0.6) is 0 Å². The Morgan fingerprint density at radius 2 is 1.94 bits per heavy atom. The lowest BCUT2D eigenvalue weighted by Crippen LogP contribution is -2.33. The number of carbonyl (C=O) groups excluding carboxylic acids is 1. The number of amides is 1. The molecule has 0 fully saturated rings. The van der Waals surface area contributed by atoms with Gasteiger partial charge >= 0.3 is 0 Å². The highest BCUT2D eigenvalue weighted by Gasteiger charge is 2.16. The van der Waals surface area contributed by atoms with Crippen molar-refractivity contribution in [1.82, 2.24) is 4.90 Å². The van der Waals surface area contributed by atoms with Crippen LogP contribution < -0.4 is 5.73 Å². The Hall–Kier alpha value is -1.35. The van der Waals surface area contributed by atoms with Gasteiger partial charge in [-0.3, -0.25) is 4.79 Å². The Labute approximate surface area is 110 Å². The maximum Gasteiger partial charge on any atom is 0.223 e. The Morgan fingerprint density at radius 1 is 1.28 bits per heavy atom. The molecule has 0 saturated carbocycles. The number of nitrogens with zero attached hydrogens (tertiary/aromatic N) is 1. The van der Waals surface area contributed by atoms with E-state index in [2.05, 4.69) is 19.1 Å². The van der Waals surface area contributed by atoms with E-state index in [1.807, 2.05) is 30.0 Å². The third-order valence-corrected chi connectivity index (χ3v) is 3.32. The van der Waals surface area contributed by atoms with Crippen LogP contribution in [0.25, 0.3) is 0 Å². The zero-order chi connectivity index (χ0) is 13.4. The zero-order valence-corrected chi connectivity index (χ0v) is 11.4. The van der Waals surface area contributed by atoms with Gasteiger partial charge in [-0.25, -0.2) is 0 Å². The molecule has 18 heavy (non-hydrogen) atoms. The molecule has 1 aromatic rings. The van der Waals surface area contributed by atoms with Crippen LogP contribution >= 0.6 is 0 Å². The van der Waals surface area contributed by atoms with E-state index in [1.165, 1.54) is 5.56 Å². The summed E-state index contributed by atoms with van der Waals surface area (Å²) < 4.78 is 0. The molecule has 0 aliphatic carbocycles. The smallest absolute Gasteiger partial charge is 0.223 e. The molecule has 3 nitrogen and oxygen atoms in total. The van der Waals surface area contributed by atoms with Crippen LogP contribution in [-0.4, -0.2) is 23.9 Å². The van der Waals surface area contributed by atoms with Crippen molar-refractivity contribution in [1.29, 1.82) is 0 Å². The van der Waals surface area contributed by atoms with Gasteiger partial charge in [0.2, 0.25) is 5.91 Å². The van der Waals surface area contributed by atoms with Crippen molar-refractivity contribution in [3.63, 3.8) is 0 Å². The van der Waals surface area contributed by atoms with Crippen LogP contribution in [0.1, 0.15) is 32.3 Å². The molecule has 1 rings (SSSR count). The van der Waals surface area contributed by atoms with Crippen molar-refractivity contribution >= 4 is 5.91 Å². The summed E-state index contributed by atoms with van der Waals surface area (Å²) in [7, 11) is 0. The summed E-state index contributed by atoms with van der Waals surface area (Å²) in [6, 6.07) is 10.1. The van der Waals surface area contributed by atoms with E-state index in [0.29, 0.717) is 25.4 Å². The number of hydrogen-bond acceptors (Lipinski definition) is 2. The number of rotatable bonds is 7. The Kier molecular flexibility index (Phi) is 6.44. The molecule has 0 aliphatic rings. The van der Waals surface area contributed by atoms with Gasteiger partial charge < -0.3 is 10.6 Å². The highest BCUT2D eigenvalue weighted by molar-refractivity contribution is 5.76. The van der Waals surface area contributed by atoms with Crippen LogP contribution in [0, 0.1) is 5.92 Å². The fraction of sp³-hybridized carbons (Fsp3) is 0.533. The predicted octanol–water partition coefficient (Wildman–Crippen LogP) is 2.41. The first-order valence-corrected chi connectivity index (χ1v) is 6.73. The fourth-order valence-corrected chi connectivity index (χ4v) is 1.95. The van der Waals surface area contributed by atoms with E-state index in [-0.39, 0.29) is 5.91 Å². The van der Waals surface area contributed by atoms with E-state index in [9.17, 15) is 4.79 Å². The summed E-state index contributed by atoms with van der Waals surface area (Å²) in [5, 5.41) is 0. The summed E-state index contributed by atoms with van der Waals surface area (Å²) >= 11 is 0. The Balaban J connectivity index is 2.58. The average molecular weight is 248 g/mol. The van der Waals surface area contributed by atoms with Gasteiger partial charge in [0.25, 0.3) is 0 Å². The van der Waals surface area contributed by atoms with Crippen LogP contribution in [0.3, 0.4) is 0 Å². The molecule has 0 aromatic heterocycles. The number of hydrogen-bond donors (Lipinski definition) is 1. The van der Waals surface area contributed by atoms with Gasteiger partial charge in [0, 0.05) is 19.5 Å². The maximum absolute atomic E-state index is 12.2. The fourth-order valence-electron chi connectivity index (χ4n) is 1.95. The van der Waals surface area contributed by atoms with Gasteiger partial charge in [0.05, 0.1) is 0 Å². The first-order valence-electron chi connectivity index (χ1n) is 6.73. The molecule has 0 saturated heterocycles. The first kappa shape index (κ1) is 14.7. The van der Waals surface area contributed by atoms with E-state index >= 15 is 0 Å². The molecule has 1 aromatic carbocycles. The molecular weight excluding hydrogens is 224 g/mol. The van der Waals surface area contributed by atoms with Gasteiger partial charge in [-0.2, -0.15) is 0 Å². The minimum Gasteiger partial charge on any atom is -0.339 e. The van der Waals surface area contributed by atoms with Crippen molar-refractivity contribution < 1.29 is 4.79 Å². The van der Waals surface area contributed by atoms with Crippen LogP contribution in [0.4, 0.5) is 0 Å². The summed E-state index contributed by atoms with van der Waals surface area (Å²) in [6.07, 6.45) is 1.53. The highest BCUT2D eigenvalue weighted by Crippen LogP contribution is 2.11. The van der Waals surface area contributed by atoms with E-state index in [4.69, 9.17) is 5.73 Å². The molecule has 1 atom stereocenters. The lowest BCUT2D eigenvalue weighted by molar-refractivity contribution is -0.132. The van der Waals surface area contributed by atoms with Crippen molar-refractivity contribution in [3.05, 3.63) is 35.9 Å². The van der Waals surface area contributed by atoms with Crippen molar-refractivity contribution in [2.24, 2.45) is 11.7 Å². The number of carbonyl (C=O) groups is 1. The highest BCUT2D eigenvalue weighted by atomic mass is 16.2. The number of benzene rings is 1. The van der Waals surface area contributed by atoms with Gasteiger partial charge in [0.1, 0.15) is 0 Å². The summed E-state index contributed by atoms with van der Waals surface area (Å²) in [5.74, 6) is 0.515. The topological polar surface area (TPSA) is 46.3 Å². The number of nitrogens with two attached hydrogens (primary N) is 1. The largest absolute Gasteiger partial charge is 0.339 e. The second kappa shape index (κ2) is 7.88. The summed E-state index contributed by atoms with van der Waals surface area (Å²) in [5.41, 5.74) is 6.83. The van der Waals surface area contributed by atoms with E-state index in [0.717, 1.165) is 13.0 Å². The van der Waals surface area contributed by atoms with Crippen molar-refractivity contribution in [2.45, 2.75) is 33.2 Å². The molecule has 100 valence electrons. The molecule has 1 amide bonds. The van der Waals surface area contributed by atoms with Crippen LogP contribution in [-0.2, 0) is 11.3 Å². The molecule has 0 radical (unpaired) electrons. The Bertz CT molecular complexity index is 347. The lowest BCUT2D eigenvalue weighted by Gasteiger charge is -2.23. The molecule has 0 aliphatic heterocycles. The van der Waals surface area contributed by atoms with Gasteiger partial charge in [-0.05, 0) is 24.9 Å². The molecule has 1 unspecified atom stereocenters. The van der Waals surface area contributed by atoms with E-state index < -0.39 is 0 Å². The molecular formula is C15H24N2O. The molecule has 0 bridgehead atoms. The SMILES string of the molecule is CCC(CN)CC(=O)N(CC)Cc1ccccc1. The van der Waals surface area contributed by atoms with Crippen LogP contribution in [0.15, 0.2) is 30.3 Å². The van der Waals surface area contributed by atoms with Gasteiger partial charge in [-0.1, -0.05) is 43.7 Å². The van der Waals surface area contributed by atoms with Crippen LogP contribution in [0.2, 0.25) is 0 Å². The van der Waals surface area contributed by atoms with E-state index in [1.54, 1.807) is 0 Å². The maximum atomic E-state index is 12.2. The van der Waals surface area contributed by atoms with Gasteiger partial charge in [-0.15, -0.1) is 0 Å². The lowest BCUT2D eigenvalue weighted by atomic mass is 10.0. The monoisotopic (exact) mass is 248 g/mol. The molecule has 0 spiro atoms. The minimum atomic E-state index is 0.207. The molecule has 0 heterocycles. The molecule has 3 heteroatoms. The van der Waals surface area contributed by atoms with Crippen molar-refractivity contribution in [3.8, 4) is 0 Å². The summed E-state index contributed by atoms with van der Waals surface area (Å²) in [4.78, 5) is 14.1. The Morgan fingerprint density at radius 3 is 2.44 bits per heavy atom. The third kappa shape index (κ3) is 4.49. The van der Waals surface area contributed by atoms with Crippen molar-refractivity contribution in [2.75, 3.05) is 13.1 Å². The second-order valence-electron chi connectivity index (χ2n) is 4.61. The quantitative estimate of drug-likeness (QED) is 0.805. The predicted molar refractivity (Wildman–Crippen MR) is 75.0 cm³/mol. The van der Waals surface area contributed by atoms with Gasteiger partial charge in [0.15, 0.2) is 0 Å². The second-order valence-corrected chi connectivity index (χ2v) is 4.61. The average Bonchev–Trinajstić information content (AvgIpc) is 2.43. The normalized spacial score (nSPS) is 12.2. The minimum absolute atomic E-state index is 0.207. The first-order chi connectivity index (χ1) is 8.71.